The molecule has 0 saturated carbocycles. The zero-order valence-corrected chi connectivity index (χ0v) is 8.90. The quantitative estimate of drug-likeness (QED) is 0.569. The van der Waals surface area contributed by atoms with Gasteiger partial charge in [-0.15, -0.1) is 0 Å². The molecule has 0 aromatic heterocycles. The number of nitrogens with zero attached hydrogens (tertiary/aromatic N) is 1. The normalized spacial score (nSPS) is 30.5. The molecule has 1 rings (SSSR count). The highest BCUT2D eigenvalue weighted by Gasteiger charge is 2.41. The Labute approximate surface area is 79.1 Å². The molecule has 3 heteroatoms. The van der Waals surface area contributed by atoms with Gasteiger partial charge in [0.15, 0.2) is 0 Å². The molecule has 1 saturated heterocycles. The third-order valence-corrected chi connectivity index (χ3v) is 2.80. The SMILES string of the molecule is CN1CC(F)(F)CCC1C(C)(C)C. The van der Waals surface area contributed by atoms with Gasteiger partial charge in [-0.1, -0.05) is 20.8 Å². The Hall–Kier alpha value is -0.180. The molecule has 78 valence electrons. The molecule has 0 N–H and O–H groups in total. The lowest BCUT2D eigenvalue weighted by atomic mass is 9.80. The van der Waals surface area contributed by atoms with E-state index >= 15 is 0 Å². The van der Waals surface area contributed by atoms with E-state index in [9.17, 15) is 8.78 Å². The molecule has 0 amide bonds. The highest BCUT2D eigenvalue weighted by molar-refractivity contribution is 4.90. The maximum Gasteiger partial charge on any atom is 0.260 e. The molecule has 0 aromatic carbocycles. The van der Waals surface area contributed by atoms with Crippen molar-refractivity contribution < 1.29 is 8.78 Å². The second-order valence-electron chi connectivity index (χ2n) is 5.19. The monoisotopic (exact) mass is 191 g/mol. The van der Waals surface area contributed by atoms with Gasteiger partial charge in [0.25, 0.3) is 5.92 Å². The van der Waals surface area contributed by atoms with Crippen molar-refractivity contribution in [2.75, 3.05) is 13.6 Å². The molecule has 0 bridgehead atoms. The molecular formula is C10H19F2N. The molecule has 0 radical (unpaired) electrons. The fourth-order valence-corrected chi connectivity index (χ4v) is 2.22. The van der Waals surface area contributed by atoms with Crippen molar-refractivity contribution in [1.29, 1.82) is 0 Å². The zero-order valence-electron chi connectivity index (χ0n) is 8.90. The first-order valence-electron chi connectivity index (χ1n) is 4.80. The molecule has 1 atom stereocenters. The Morgan fingerprint density at radius 3 is 2.23 bits per heavy atom. The molecule has 0 aromatic rings. The summed E-state index contributed by atoms with van der Waals surface area (Å²) in [6, 6.07) is 0.284. The first kappa shape index (κ1) is 10.9. The van der Waals surface area contributed by atoms with Crippen LogP contribution in [0.3, 0.4) is 0 Å². The summed E-state index contributed by atoms with van der Waals surface area (Å²) in [4.78, 5) is 1.80. The minimum atomic E-state index is -2.48. The van der Waals surface area contributed by atoms with Crippen molar-refractivity contribution >= 4 is 0 Å². The van der Waals surface area contributed by atoms with Crippen LogP contribution < -0.4 is 0 Å². The summed E-state index contributed by atoms with van der Waals surface area (Å²) >= 11 is 0. The van der Waals surface area contributed by atoms with Gasteiger partial charge in [-0.05, 0) is 18.9 Å². The van der Waals surface area contributed by atoms with Crippen LogP contribution in [-0.4, -0.2) is 30.5 Å². The van der Waals surface area contributed by atoms with Crippen LogP contribution in [0.5, 0.6) is 0 Å². The van der Waals surface area contributed by atoms with E-state index < -0.39 is 5.92 Å². The second kappa shape index (κ2) is 3.19. The fourth-order valence-electron chi connectivity index (χ4n) is 2.22. The predicted octanol–water partition coefficient (Wildman–Crippen LogP) is 2.76. The van der Waals surface area contributed by atoms with Crippen LogP contribution in [0.25, 0.3) is 0 Å². The van der Waals surface area contributed by atoms with Crippen LogP contribution in [0.15, 0.2) is 0 Å². The molecule has 1 aliphatic heterocycles. The smallest absolute Gasteiger partial charge is 0.260 e. The van der Waals surface area contributed by atoms with Gasteiger partial charge in [0, 0.05) is 12.5 Å². The van der Waals surface area contributed by atoms with E-state index in [4.69, 9.17) is 0 Å². The van der Waals surface area contributed by atoms with Gasteiger partial charge in [0.05, 0.1) is 6.54 Å². The first-order valence-corrected chi connectivity index (χ1v) is 4.80. The van der Waals surface area contributed by atoms with Crippen molar-refractivity contribution in [3.63, 3.8) is 0 Å². The Bertz CT molecular complexity index is 184. The van der Waals surface area contributed by atoms with Gasteiger partial charge in [0.2, 0.25) is 0 Å². The van der Waals surface area contributed by atoms with Gasteiger partial charge in [-0.25, -0.2) is 8.78 Å². The highest BCUT2D eigenvalue weighted by Crippen LogP contribution is 2.36. The van der Waals surface area contributed by atoms with Crippen molar-refractivity contribution in [2.45, 2.75) is 45.6 Å². The lowest BCUT2D eigenvalue weighted by Gasteiger charge is -2.43. The Balaban J connectivity index is 2.64. The Morgan fingerprint density at radius 1 is 1.31 bits per heavy atom. The number of rotatable bonds is 0. The van der Waals surface area contributed by atoms with Crippen LogP contribution in [0.4, 0.5) is 8.78 Å². The van der Waals surface area contributed by atoms with E-state index in [2.05, 4.69) is 20.8 Å². The third-order valence-electron chi connectivity index (χ3n) is 2.80. The van der Waals surface area contributed by atoms with Gasteiger partial charge in [0.1, 0.15) is 0 Å². The summed E-state index contributed by atoms with van der Waals surface area (Å²) < 4.78 is 25.9. The lowest BCUT2D eigenvalue weighted by Crippen LogP contribution is -2.51. The minimum absolute atomic E-state index is 0.0409. The average Bonchev–Trinajstić information content (AvgIpc) is 1.80. The van der Waals surface area contributed by atoms with Crippen LogP contribution in [0, 0.1) is 5.41 Å². The van der Waals surface area contributed by atoms with Gasteiger partial charge in [-0.3, -0.25) is 4.90 Å². The summed E-state index contributed by atoms with van der Waals surface area (Å²) in [7, 11) is 1.79. The first-order chi connectivity index (χ1) is 5.72. The maximum atomic E-state index is 13.0. The summed E-state index contributed by atoms with van der Waals surface area (Å²) in [5.74, 6) is -2.48. The number of halogens is 2. The van der Waals surface area contributed by atoms with Crippen molar-refractivity contribution in [1.82, 2.24) is 4.90 Å². The van der Waals surface area contributed by atoms with E-state index in [1.807, 2.05) is 0 Å². The Kier molecular flexibility index (Phi) is 2.68. The van der Waals surface area contributed by atoms with Crippen LogP contribution in [0.2, 0.25) is 0 Å². The standard InChI is InChI=1S/C10H19F2N/c1-9(2,3)8-5-6-10(11,12)7-13(8)4/h8H,5-7H2,1-4H3. The number of piperidine rings is 1. The van der Waals surface area contributed by atoms with E-state index in [-0.39, 0.29) is 24.4 Å². The molecule has 1 fully saturated rings. The second-order valence-corrected chi connectivity index (χ2v) is 5.19. The molecule has 1 unspecified atom stereocenters. The molecule has 0 aliphatic carbocycles. The molecule has 0 spiro atoms. The van der Waals surface area contributed by atoms with Crippen LogP contribution >= 0.6 is 0 Å². The summed E-state index contributed by atoms with van der Waals surface area (Å²) in [5.41, 5.74) is 0.102. The largest absolute Gasteiger partial charge is 0.297 e. The molecular weight excluding hydrogens is 172 g/mol. The number of hydrogen-bond donors (Lipinski definition) is 0. The number of alkyl halides is 2. The highest BCUT2D eigenvalue weighted by atomic mass is 19.3. The third kappa shape index (κ3) is 2.63. The lowest BCUT2D eigenvalue weighted by molar-refractivity contribution is -0.0915. The Morgan fingerprint density at radius 2 is 1.85 bits per heavy atom. The summed E-state index contributed by atoms with van der Waals surface area (Å²) in [6.45, 7) is 6.24. The van der Waals surface area contributed by atoms with E-state index in [0.717, 1.165) is 0 Å². The molecule has 13 heavy (non-hydrogen) atoms. The van der Waals surface area contributed by atoms with E-state index in [0.29, 0.717) is 6.42 Å². The topological polar surface area (TPSA) is 3.24 Å². The van der Waals surface area contributed by atoms with Crippen molar-refractivity contribution in [2.24, 2.45) is 5.41 Å². The van der Waals surface area contributed by atoms with Crippen LogP contribution in [-0.2, 0) is 0 Å². The van der Waals surface area contributed by atoms with Crippen LogP contribution in [0.1, 0.15) is 33.6 Å². The molecule has 1 nitrogen and oxygen atoms in total. The van der Waals surface area contributed by atoms with Crippen molar-refractivity contribution in [3.8, 4) is 0 Å². The summed E-state index contributed by atoms with van der Waals surface area (Å²) in [5, 5.41) is 0. The average molecular weight is 191 g/mol. The van der Waals surface area contributed by atoms with Crippen molar-refractivity contribution in [3.05, 3.63) is 0 Å². The molecule has 1 heterocycles. The van der Waals surface area contributed by atoms with E-state index in [1.54, 1.807) is 11.9 Å². The summed E-state index contributed by atoms with van der Waals surface area (Å²) in [6.07, 6.45) is 0.645. The van der Waals surface area contributed by atoms with Gasteiger partial charge >= 0.3 is 0 Å². The predicted molar refractivity (Wildman–Crippen MR) is 50.1 cm³/mol. The molecule has 1 aliphatic rings. The number of likely N-dealkylation sites (tertiary alicyclic amines) is 1. The van der Waals surface area contributed by atoms with Gasteiger partial charge in [-0.2, -0.15) is 0 Å². The zero-order chi connectivity index (χ0) is 10.3. The minimum Gasteiger partial charge on any atom is -0.297 e. The fraction of sp³-hybridized carbons (Fsp3) is 1.00. The number of hydrogen-bond acceptors (Lipinski definition) is 1. The van der Waals surface area contributed by atoms with E-state index in [1.165, 1.54) is 0 Å². The van der Waals surface area contributed by atoms with Gasteiger partial charge < -0.3 is 0 Å². The maximum absolute atomic E-state index is 13.0.